The number of rotatable bonds is 6. The summed E-state index contributed by atoms with van der Waals surface area (Å²) < 4.78 is 4.76. The van der Waals surface area contributed by atoms with Gasteiger partial charge >= 0.3 is 5.97 Å². The van der Waals surface area contributed by atoms with Crippen LogP contribution in [0.15, 0.2) is 24.5 Å². The van der Waals surface area contributed by atoms with Gasteiger partial charge in [-0.25, -0.2) is 9.97 Å². The van der Waals surface area contributed by atoms with Crippen LogP contribution in [0.1, 0.15) is 31.7 Å². The van der Waals surface area contributed by atoms with Gasteiger partial charge in [-0.1, -0.05) is 25.5 Å². The molecule has 0 aliphatic heterocycles. The summed E-state index contributed by atoms with van der Waals surface area (Å²) in [4.78, 5) is 20.2. The number of aromatic nitrogens is 2. The highest BCUT2D eigenvalue weighted by Crippen LogP contribution is 2.24. The molecule has 0 radical (unpaired) electrons. The molecule has 112 valence electrons. The first-order valence-electron chi connectivity index (χ1n) is 7.19. The predicted molar refractivity (Wildman–Crippen MR) is 83.2 cm³/mol. The van der Waals surface area contributed by atoms with Crippen LogP contribution >= 0.6 is 0 Å². The topological polar surface area (TPSA) is 64.1 Å². The van der Waals surface area contributed by atoms with Crippen molar-refractivity contribution in [3.63, 3.8) is 0 Å². The summed E-state index contributed by atoms with van der Waals surface area (Å²) in [5, 5.41) is 4.38. The van der Waals surface area contributed by atoms with Crippen LogP contribution in [0.5, 0.6) is 0 Å². The molecule has 1 atom stereocenters. The number of nitrogens with one attached hydrogen (secondary N) is 1. The number of aryl methyl sites for hydroxylation is 1. The molecule has 5 heteroatoms. The molecular weight excluding hydrogens is 266 g/mol. The van der Waals surface area contributed by atoms with E-state index >= 15 is 0 Å². The van der Waals surface area contributed by atoms with Gasteiger partial charge in [-0.15, -0.1) is 0 Å². The van der Waals surface area contributed by atoms with E-state index in [9.17, 15) is 4.79 Å². The number of ether oxygens (including phenoxy) is 1. The zero-order chi connectivity index (χ0) is 15.2. The third-order valence-corrected chi connectivity index (χ3v) is 3.49. The van der Waals surface area contributed by atoms with Crippen LogP contribution < -0.4 is 5.32 Å². The molecule has 0 amide bonds. The van der Waals surface area contributed by atoms with Gasteiger partial charge in [-0.2, -0.15) is 0 Å². The summed E-state index contributed by atoms with van der Waals surface area (Å²) in [5.41, 5.74) is 2.02. The molecule has 1 heterocycles. The number of benzene rings is 1. The van der Waals surface area contributed by atoms with Crippen LogP contribution in [-0.4, -0.2) is 29.1 Å². The second-order valence-electron chi connectivity index (χ2n) is 5.10. The number of methoxy groups -OCH3 is 1. The first-order valence-corrected chi connectivity index (χ1v) is 7.19. The normalized spacial score (nSPS) is 12.1. The average Bonchev–Trinajstić information content (AvgIpc) is 2.47. The van der Waals surface area contributed by atoms with Gasteiger partial charge in [0.1, 0.15) is 12.1 Å². The van der Waals surface area contributed by atoms with E-state index in [4.69, 9.17) is 4.74 Å². The van der Waals surface area contributed by atoms with E-state index in [2.05, 4.69) is 22.2 Å². The fourth-order valence-corrected chi connectivity index (χ4v) is 2.44. The molecule has 0 aliphatic carbocycles. The van der Waals surface area contributed by atoms with E-state index in [0.717, 1.165) is 35.1 Å². The number of anilines is 1. The molecule has 1 aromatic heterocycles. The smallest absolute Gasteiger partial charge is 0.307 e. The first-order chi connectivity index (χ1) is 10.2. The van der Waals surface area contributed by atoms with Crippen LogP contribution in [-0.2, 0) is 9.53 Å². The van der Waals surface area contributed by atoms with Gasteiger partial charge in [0.15, 0.2) is 0 Å². The quantitative estimate of drug-likeness (QED) is 0.827. The lowest BCUT2D eigenvalue weighted by Crippen LogP contribution is -2.24. The molecule has 1 unspecified atom stereocenters. The monoisotopic (exact) mass is 287 g/mol. The third-order valence-electron chi connectivity index (χ3n) is 3.49. The van der Waals surface area contributed by atoms with E-state index in [1.54, 1.807) is 6.33 Å². The number of carbonyl (C=O) groups is 1. The van der Waals surface area contributed by atoms with Crippen molar-refractivity contribution in [3.8, 4) is 0 Å². The largest absolute Gasteiger partial charge is 0.469 e. The molecule has 1 aromatic carbocycles. The lowest BCUT2D eigenvalue weighted by Gasteiger charge is -2.19. The Hall–Kier alpha value is -2.17. The Morgan fingerprint density at radius 1 is 1.38 bits per heavy atom. The summed E-state index contributed by atoms with van der Waals surface area (Å²) in [7, 11) is 1.41. The summed E-state index contributed by atoms with van der Waals surface area (Å²) >= 11 is 0. The second kappa shape index (κ2) is 7.02. The number of nitrogens with zero attached hydrogens (tertiary/aromatic N) is 2. The number of hydrogen-bond acceptors (Lipinski definition) is 5. The first kappa shape index (κ1) is 15.2. The summed E-state index contributed by atoms with van der Waals surface area (Å²) in [6.45, 7) is 4.13. The fourth-order valence-electron chi connectivity index (χ4n) is 2.44. The SMILES string of the molecule is CCCC(CC(=O)OC)Nc1ncnc2cccc(C)c12. The minimum absolute atomic E-state index is 0.0140. The molecule has 1 N–H and O–H groups in total. The van der Waals surface area contributed by atoms with Gasteiger partial charge in [0.05, 0.1) is 19.0 Å². The van der Waals surface area contributed by atoms with Crippen LogP contribution in [0.3, 0.4) is 0 Å². The van der Waals surface area contributed by atoms with E-state index < -0.39 is 0 Å². The summed E-state index contributed by atoms with van der Waals surface area (Å²) in [6, 6.07) is 5.99. The van der Waals surface area contributed by atoms with Gasteiger partial charge in [0.25, 0.3) is 0 Å². The van der Waals surface area contributed by atoms with Crippen molar-refractivity contribution >= 4 is 22.7 Å². The van der Waals surface area contributed by atoms with E-state index in [0.29, 0.717) is 6.42 Å². The zero-order valence-corrected chi connectivity index (χ0v) is 12.7. The van der Waals surface area contributed by atoms with Crippen molar-refractivity contribution in [1.29, 1.82) is 0 Å². The Morgan fingerprint density at radius 2 is 2.19 bits per heavy atom. The number of hydrogen-bond donors (Lipinski definition) is 1. The average molecular weight is 287 g/mol. The van der Waals surface area contributed by atoms with Crippen molar-refractivity contribution in [1.82, 2.24) is 9.97 Å². The van der Waals surface area contributed by atoms with Crippen LogP contribution in [0.4, 0.5) is 5.82 Å². The van der Waals surface area contributed by atoms with Crippen molar-refractivity contribution < 1.29 is 9.53 Å². The van der Waals surface area contributed by atoms with Gasteiger partial charge < -0.3 is 10.1 Å². The van der Waals surface area contributed by atoms with Gasteiger partial charge in [0, 0.05) is 11.4 Å². The van der Waals surface area contributed by atoms with Crippen molar-refractivity contribution in [2.45, 2.75) is 39.2 Å². The highest BCUT2D eigenvalue weighted by atomic mass is 16.5. The highest BCUT2D eigenvalue weighted by Gasteiger charge is 2.16. The molecule has 0 saturated carbocycles. The zero-order valence-electron chi connectivity index (χ0n) is 12.7. The molecule has 0 spiro atoms. The van der Waals surface area contributed by atoms with Crippen LogP contribution in [0.2, 0.25) is 0 Å². The molecule has 0 bridgehead atoms. The molecule has 21 heavy (non-hydrogen) atoms. The number of fused-ring (bicyclic) bond motifs is 1. The maximum atomic E-state index is 11.5. The highest BCUT2D eigenvalue weighted by molar-refractivity contribution is 5.91. The summed E-state index contributed by atoms with van der Waals surface area (Å²) in [5.74, 6) is 0.566. The lowest BCUT2D eigenvalue weighted by molar-refractivity contribution is -0.140. The summed E-state index contributed by atoms with van der Waals surface area (Å²) in [6.07, 6.45) is 3.75. The maximum absolute atomic E-state index is 11.5. The van der Waals surface area contributed by atoms with E-state index in [1.165, 1.54) is 7.11 Å². The van der Waals surface area contributed by atoms with Crippen LogP contribution in [0.25, 0.3) is 10.9 Å². The molecule has 0 saturated heterocycles. The Labute approximate surface area is 124 Å². The van der Waals surface area contributed by atoms with E-state index in [-0.39, 0.29) is 12.0 Å². The minimum Gasteiger partial charge on any atom is -0.469 e. The lowest BCUT2D eigenvalue weighted by atomic mass is 10.1. The maximum Gasteiger partial charge on any atom is 0.307 e. The molecule has 0 aliphatic rings. The Kier molecular flexibility index (Phi) is 5.09. The predicted octanol–water partition coefficient (Wildman–Crippen LogP) is 3.08. The molecule has 5 nitrogen and oxygen atoms in total. The van der Waals surface area contributed by atoms with Crippen molar-refractivity contribution in [2.75, 3.05) is 12.4 Å². The molecular formula is C16H21N3O2. The van der Waals surface area contributed by atoms with Crippen LogP contribution in [0, 0.1) is 6.92 Å². The Bertz CT molecular complexity index is 623. The van der Waals surface area contributed by atoms with Crippen molar-refractivity contribution in [2.24, 2.45) is 0 Å². The molecule has 0 fully saturated rings. The van der Waals surface area contributed by atoms with Crippen molar-refractivity contribution in [3.05, 3.63) is 30.1 Å². The van der Waals surface area contributed by atoms with Gasteiger partial charge in [-0.05, 0) is 25.0 Å². The minimum atomic E-state index is -0.212. The standard InChI is InChI=1S/C16H21N3O2/c1-4-6-12(9-14(20)21-3)19-16-15-11(2)7-5-8-13(15)17-10-18-16/h5,7-8,10,12H,4,6,9H2,1-3H3,(H,17,18,19). The van der Waals surface area contributed by atoms with Gasteiger partial charge in [0.2, 0.25) is 0 Å². The number of esters is 1. The molecule has 2 aromatic rings. The fraction of sp³-hybridized carbons (Fsp3) is 0.438. The number of carbonyl (C=O) groups excluding carboxylic acids is 1. The Morgan fingerprint density at radius 3 is 2.90 bits per heavy atom. The third kappa shape index (κ3) is 3.68. The van der Waals surface area contributed by atoms with E-state index in [1.807, 2.05) is 25.1 Å². The van der Waals surface area contributed by atoms with Gasteiger partial charge in [-0.3, -0.25) is 4.79 Å². The Balaban J connectivity index is 2.30. The molecule has 2 rings (SSSR count). The second-order valence-corrected chi connectivity index (χ2v) is 5.10.